The lowest BCUT2D eigenvalue weighted by Gasteiger charge is -2.14. The van der Waals surface area contributed by atoms with Gasteiger partial charge in [0.1, 0.15) is 24.0 Å². The van der Waals surface area contributed by atoms with E-state index in [0.29, 0.717) is 23.1 Å². The lowest BCUT2D eigenvalue weighted by molar-refractivity contribution is 0.415. The number of benzene rings is 4. The largest absolute Gasteiger partial charge is 0.503 e. The number of ether oxygens (including phenoxy) is 1. The summed E-state index contributed by atoms with van der Waals surface area (Å²) in [5, 5.41) is 21.4. The molecule has 10 nitrogen and oxygen atoms in total. The zero-order valence-corrected chi connectivity index (χ0v) is 28.2. The van der Waals surface area contributed by atoms with Gasteiger partial charge in [-0.1, -0.05) is 71.8 Å². The molecule has 3 N–H and O–H groups in total. The predicted octanol–water partition coefficient (Wildman–Crippen LogP) is 9.20. The Kier molecular flexibility index (Phi) is 9.38. The van der Waals surface area contributed by atoms with Crippen molar-refractivity contribution in [3.05, 3.63) is 146 Å². The summed E-state index contributed by atoms with van der Waals surface area (Å²) in [6, 6.07) is 32.0. The molecule has 8 aromatic rings. The Bertz CT molecular complexity index is 2450. The highest BCUT2D eigenvalue weighted by Gasteiger charge is 2.15. The standard InChI is InChI=1S/C21H18N4O.C20H16N4O/c1-14-3-5-16(6-4-14)19-20(26-2)21(24-13-23-19)25-18-8-7-15-9-10-22-12-17(15)11-18;1-13-2-4-15(5-3-13)18-19(25)20(23-12-22-18)24-17-7-6-14-8-9-21-11-16(14)10-17/h3-13H,1-2H3,(H,23,24,25);2-12,25H,1H3,(H,22,23,24). The summed E-state index contributed by atoms with van der Waals surface area (Å²) in [4.78, 5) is 25.5. The molecule has 0 bridgehead atoms. The topological polar surface area (TPSA) is 131 Å². The third-order valence-electron chi connectivity index (χ3n) is 8.29. The molecule has 0 saturated heterocycles. The Hall–Kier alpha value is -6.94. The van der Waals surface area contributed by atoms with Gasteiger partial charge in [-0.05, 0) is 61.0 Å². The van der Waals surface area contributed by atoms with E-state index in [1.807, 2.05) is 98.0 Å². The molecule has 10 heteroatoms. The first-order valence-corrected chi connectivity index (χ1v) is 16.2. The van der Waals surface area contributed by atoms with Crippen LogP contribution in [0.2, 0.25) is 0 Å². The van der Waals surface area contributed by atoms with Crippen LogP contribution in [0.5, 0.6) is 11.5 Å². The monoisotopic (exact) mass is 670 g/mol. The quantitative estimate of drug-likeness (QED) is 0.151. The van der Waals surface area contributed by atoms with Gasteiger partial charge in [0, 0.05) is 58.1 Å². The second-order valence-corrected chi connectivity index (χ2v) is 11.9. The Balaban J connectivity index is 0.000000159. The smallest absolute Gasteiger partial charge is 0.187 e. The first kappa shape index (κ1) is 32.6. The number of methoxy groups -OCH3 is 1. The van der Waals surface area contributed by atoms with Gasteiger partial charge in [-0.25, -0.2) is 19.9 Å². The molecule has 0 saturated carbocycles. The Labute approximate surface area is 295 Å². The summed E-state index contributed by atoms with van der Waals surface area (Å²) < 4.78 is 5.62. The van der Waals surface area contributed by atoms with Crippen molar-refractivity contribution in [3.8, 4) is 34.0 Å². The van der Waals surface area contributed by atoms with E-state index in [1.54, 1.807) is 32.0 Å². The zero-order valence-electron chi connectivity index (χ0n) is 28.2. The minimum absolute atomic E-state index is 0.0256. The van der Waals surface area contributed by atoms with Crippen molar-refractivity contribution in [1.29, 1.82) is 0 Å². The van der Waals surface area contributed by atoms with Crippen LogP contribution in [-0.4, -0.2) is 42.1 Å². The van der Waals surface area contributed by atoms with Crippen LogP contribution in [0.25, 0.3) is 44.1 Å². The minimum Gasteiger partial charge on any atom is -0.503 e. The van der Waals surface area contributed by atoms with E-state index in [4.69, 9.17) is 4.74 Å². The van der Waals surface area contributed by atoms with E-state index in [9.17, 15) is 5.11 Å². The molecular weight excluding hydrogens is 637 g/mol. The molecule has 51 heavy (non-hydrogen) atoms. The van der Waals surface area contributed by atoms with Crippen LogP contribution < -0.4 is 15.4 Å². The maximum atomic E-state index is 10.6. The van der Waals surface area contributed by atoms with Crippen LogP contribution in [0.3, 0.4) is 0 Å². The first-order chi connectivity index (χ1) is 24.9. The van der Waals surface area contributed by atoms with Gasteiger partial charge in [-0.2, -0.15) is 0 Å². The van der Waals surface area contributed by atoms with Crippen LogP contribution in [-0.2, 0) is 0 Å². The van der Waals surface area contributed by atoms with Gasteiger partial charge in [0.2, 0.25) is 0 Å². The number of rotatable bonds is 7. The van der Waals surface area contributed by atoms with Crippen molar-refractivity contribution < 1.29 is 9.84 Å². The second-order valence-electron chi connectivity index (χ2n) is 11.9. The van der Waals surface area contributed by atoms with Crippen LogP contribution in [0, 0.1) is 13.8 Å². The normalized spacial score (nSPS) is 10.7. The third kappa shape index (κ3) is 7.40. The number of aromatic hydroxyl groups is 1. The van der Waals surface area contributed by atoms with Crippen molar-refractivity contribution in [2.75, 3.05) is 17.7 Å². The van der Waals surface area contributed by atoms with E-state index < -0.39 is 0 Å². The van der Waals surface area contributed by atoms with Crippen LogP contribution in [0.15, 0.2) is 135 Å². The minimum atomic E-state index is 0.0256. The van der Waals surface area contributed by atoms with Crippen LogP contribution in [0.1, 0.15) is 11.1 Å². The average molecular weight is 671 g/mol. The predicted molar refractivity (Wildman–Crippen MR) is 203 cm³/mol. The SMILES string of the molecule is COc1c(Nc2ccc3ccncc3c2)ncnc1-c1ccc(C)cc1.Cc1ccc(-c2ncnc(Nc3ccc4ccncc4c3)c2O)cc1. The lowest BCUT2D eigenvalue weighted by Crippen LogP contribution is -2.01. The Morgan fingerprint density at radius 1 is 0.529 bits per heavy atom. The van der Waals surface area contributed by atoms with E-state index in [2.05, 4.69) is 59.6 Å². The third-order valence-corrected chi connectivity index (χ3v) is 8.29. The number of hydrogen-bond donors (Lipinski definition) is 3. The molecule has 0 atom stereocenters. The van der Waals surface area contributed by atoms with Gasteiger partial charge in [0.15, 0.2) is 23.1 Å². The van der Waals surface area contributed by atoms with E-state index in [-0.39, 0.29) is 5.75 Å². The summed E-state index contributed by atoms with van der Waals surface area (Å²) in [5.41, 5.74) is 7.18. The number of hydrogen-bond acceptors (Lipinski definition) is 10. The fraction of sp³-hybridized carbons (Fsp3) is 0.0732. The molecule has 0 unspecified atom stereocenters. The highest BCUT2D eigenvalue weighted by Crippen LogP contribution is 2.36. The summed E-state index contributed by atoms with van der Waals surface area (Å²) in [7, 11) is 1.63. The van der Waals surface area contributed by atoms with Gasteiger partial charge < -0.3 is 20.5 Å². The molecule has 0 aliphatic heterocycles. The molecule has 0 aliphatic rings. The summed E-state index contributed by atoms with van der Waals surface area (Å²) in [5.74, 6) is 1.63. The van der Waals surface area contributed by atoms with Crippen molar-refractivity contribution in [3.63, 3.8) is 0 Å². The molecule has 0 fully saturated rings. The second kappa shape index (κ2) is 14.7. The molecule has 0 spiro atoms. The summed E-state index contributed by atoms with van der Waals surface area (Å²) in [6.45, 7) is 4.08. The van der Waals surface area contributed by atoms with Gasteiger partial charge in [0.25, 0.3) is 0 Å². The number of aromatic nitrogens is 6. The molecule has 0 aliphatic carbocycles. The van der Waals surface area contributed by atoms with Crippen molar-refractivity contribution in [2.45, 2.75) is 13.8 Å². The van der Waals surface area contributed by atoms with Crippen molar-refractivity contribution >= 4 is 44.6 Å². The number of nitrogens with zero attached hydrogens (tertiary/aromatic N) is 6. The molecule has 8 rings (SSSR count). The van der Waals surface area contributed by atoms with Crippen molar-refractivity contribution in [2.24, 2.45) is 0 Å². The fourth-order valence-corrected chi connectivity index (χ4v) is 5.57. The van der Waals surface area contributed by atoms with Crippen LogP contribution >= 0.6 is 0 Å². The zero-order chi connectivity index (χ0) is 35.2. The molecule has 250 valence electrons. The maximum absolute atomic E-state index is 10.6. The molecule has 4 heterocycles. The van der Waals surface area contributed by atoms with E-state index in [1.165, 1.54) is 11.9 Å². The van der Waals surface area contributed by atoms with Gasteiger partial charge >= 0.3 is 0 Å². The maximum Gasteiger partial charge on any atom is 0.187 e. The van der Waals surface area contributed by atoms with E-state index >= 15 is 0 Å². The molecule has 0 radical (unpaired) electrons. The highest BCUT2D eigenvalue weighted by atomic mass is 16.5. The molecule has 4 aromatic heterocycles. The number of nitrogens with one attached hydrogen (secondary N) is 2. The fourth-order valence-electron chi connectivity index (χ4n) is 5.57. The van der Waals surface area contributed by atoms with Crippen LogP contribution in [0.4, 0.5) is 23.0 Å². The highest BCUT2D eigenvalue weighted by molar-refractivity contribution is 5.87. The van der Waals surface area contributed by atoms with Gasteiger partial charge in [-0.15, -0.1) is 0 Å². The summed E-state index contributed by atoms with van der Waals surface area (Å²) >= 11 is 0. The van der Waals surface area contributed by atoms with Crippen molar-refractivity contribution in [1.82, 2.24) is 29.9 Å². The van der Waals surface area contributed by atoms with E-state index in [0.717, 1.165) is 55.3 Å². The molecule has 0 amide bonds. The number of aryl methyl sites for hydroxylation is 2. The summed E-state index contributed by atoms with van der Waals surface area (Å²) in [6.07, 6.45) is 10.2. The average Bonchev–Trinajstić information content (AvgIpc) is 3.16. The Morgan fingerprint density at radius 3 is 1.57 bits per heavy atom. The van der Waals surface area contributed by atoms with Gasteiger partial charge in [0.05, 0.1) is 7.11 Å². The molecular formula is C41H34N8O2. The van der Waals surface area contributed by atoms with Gasteiger partial charge in [-0.3, -0.25) is 9.97 Å². The number of fused-ring (bicyclic) bond motifs is 2. The number of anilines is 4. The first-order valence-electron chi connectivity index (χ1n) is 16.2. The Morgan fingerprint density at radius 2 is 1.02 bits per heavy atom. The number of pyridine rings is 2. The molecule has 4 aromatic carbocycles. The lowest BCUT2D eigenvalue weighted by atomic mass is 10.1.